The van der Waals surface area contributed by atoms with Gasteiger partial charge in [-0.3, -0.25) is 0 Å². The lowest BCUT2D eigenvalue weighted by molar-refractivity contribution is 0.195. The molecule has 0 amide bonds. The molecule has 3 rings (SSSR count). The van der Waals surface area contributed by atoms with Gasteiger partial charge in [0.2, 0.25) is 0 Å². The van der Waals surface area contributed by atoms with Crippen molar-refractivity contribution in [2.45, 2.75) is 22.9 Å². The fourth-order valence-electron chi connectivity index (χ4n) is 2.17. The van der Waals surface area contributed by atoms with Crippen LogP contribution in [0.1, 0.15) is 18.6 Å². The van der Waals surface area contributed by atoms with E-state index in [0.29, 0.717) is 10.5 Å². The van der Waals surface area contributed by atoms with E-state index >= 15 is 0 Å². The Bertz CT molecular complexity index is 718. The Morgan fingerprint density at radius 3 is 2.70 bits per heavy atom. The molecule has 2 nitrogen and oxygen atoms in total. The van der Waals surface area contributed by atoms with Crippen LogP contribution in [0.25, 0.3) is 10.9 Å². The summed E-state index contributed by atoms with van der Waals surface area (Å²) in [6.45, 7) is 1.64. The van der Waals surface area contributed by atoms with Crippen LogP contribution in [0, 0.1) is 5.82 Å². The third-order valence-electron chi connectivity index (χ3n) is 3.16. The van der Waals surface area contributed by atoms with Crippen molar-refractivity contribution >= 4 is 22.7 Å². The molecule has 0 unspecified atom stereocenters. The van der Waals surface area contributed by atoms with Crippen LogP contribution < -0.4 is 0 Å². The highest BCUT2D eigenvalue weighted by Gasteiger charge is 2.14. The first kappa shape index (κ1) is 13.2. The van der Waals surface area contributed by atoms with Crippen molar-refractivity contribution in [3.8, 4) is 0 Å². The smallest absolute Gasteiger partial charge is 0.137 e. The molecule has 0 fully saturated rings. The van der Waals surface area contributed by atoms with Crippen LogP contribution >= 0.6 is 11.8 Å². The molecule has 1 aromatic heterocycles. The molecule has 0 aliphatic carbocycles. The molecule has 0 bridgehead atoms. The Morgan fingerprint density at radius 2 is 1.95 bits per heavy atom. The number of aromatic amines is 1. The van der Waals surface area contributed by atoms with Gasteiger partial charge in [-0.05, 0) is 30.7 Å². The highest BCUT2D eigenvalue weighted by atomic mass is 32.2. The van der Waals surface area contributed by atoms with Crippen molar-refractivity contribution in [2.75, 3.05) is 0 Å². The minimum Gasteiger partial charge on any atom is -0.389 e. The fraction of sp³-hybridized carbons (Fsp3) is 0.125. The first-order valence-electron chi connectivity index (χ1n) is 6.37. The second-order valence-corrected chi connectivity index (χ2v) is 5.71. The van der Waals surface area contributed by atoms with Crippen LogP contribution in [0.4, 0.5) is 4.39 Å². The molecule has 2 aromatic carbocycles. The molecule has 0 radical (unpaired) electrons. The lowest BCUT2D eigenvalue weighted by Gasteiger charge is -2.11. The second kappa shape index (κ2) is 5.31. The molecule has 1 atom stereocenters. The molecule has 20 heavy (non-hydrogen) atoms. The lowest BCUT2D eigenvalue weighted by Crippen LogP contribution is -1.96. The number of aliphatic hydroxyl groups is 1. The minimum atomic E-state index is -0.697. The topological polar surface area (TPSA) is 36.0 Å². The number of hydrogen-bond acceptors (Lipinski definition) is 2. The number of rotatable bonds is 3. The SMILES string of the molecule is C[C@H](O)c1cccc(F)c1Sc1cc2ccccc2[nH]1. The van der Waals surface area contributed by atoms with Gasteiger partial charge in [0, 0.05) is 10.9 Å². The van der Waals surface area contributed by atoms with Gasteiger partial charge in [0.05, 0.1) is 16.0 Å². The van der Waals surface area contributed by atoms with E-state index in [1.165, 1.54) is 17.8 Å². The van der Waals surface area contributed by atoms with Gasteiger partial charge in [-0.2, -0.15) is 0 Å². The van der Waals surface area contributed by atoms with Gasteiger partial charge in [0.25, 0.3) is 0 Å². The van der Waals surface area contributed by atoms with Crippen molar-refractivity contribution in [2.24, 2.45) is 0 Å². The standard InChI is InChI=1S/C16H14FNOS/c1-10(19)12-6-4-7-13(17)16(12)20-15-9-11-5-2-3-8-14(11)18-15/h2-10,18-19H,1H3/t10-/m0/s1. The van der Waals surface area contributed by atoms with Gasteiger partial charge >= 0.3 is 0 Å². The van der Waals surface area contributed by atoms with Crippen LogP contribution in [0.15, 0.2) is 58.5 Å². The zero-order valence-corrected chi connectivity index (χ0v) is 11.7. The summed E-state index contributed by atoms with van der Waals surface area (Å²) in [5, 5.41) is 11.7. The quantitative estimate of drug-likeness (QED) is 0.743. The normalized spacial score (nSPS) is 12.8. The first-order chi connectivity index (χ1) is 9.65. The van der Waals surface area contributed by atoms with E-state index in [-0.39, 0.29) is 5.82 Å². The van der Waals surface area contributed by atoms with Crippen LogP contribution in [-0.2, 0) is 0 Å². The number of benzene rings is 2. The number of nitrogens with one attached hydrogen (secondary N) is 1. The summed E-state index contributed by atoms with van der Waals surface area (Å²) in [4.78, 5) is 3.72. The van der Waals surface area contributed by atoms with Crippen molar-refractivity contribution in [3.63, 3.8) is 0 Å². The van der Waals surface area contributed by atoms with Gasteiger partial charge in [-0.1, -0.05) is 42.1 Å². The van der Waals surface area contributed by atoms with Gasteiger partial charge in [-0.25, -0.2) is 4.39 Å². The predicted octanol–water partition coefficient (Wildman–Crippen LogP) is 4.51. The zero-order chi connectivity index (χ0) is 14.1. The third kappa shape index (κ3) is 2.44. The minimum absolute atomic E-state index is 0.313. The maximum absolute atomic E-state index is 14.0. The van der Waals surface area contributed by atoms with E-state index in [2.05, 4.69) is 4.98 Å². The largest absolute Gasteiger partial charge is 0.389 e. The molecule has 2 N–H and O–H groups in total. The van der Waals surface area contributed by atoms with Crippen molar-refractivity contribution in [1.82, 2.24) is 4.98 Å². The summed E-state index contributed by atoms with van der Waals surface area (Å²) in [5.74, 6) is -0.313. The number of halogens is 1. The highest BCUT2D eigenvalue weighted by Crippen LogP contribution is 2.36. The average Bonchev–Trinajstić information content (AvgIpc) is 2.83. The number of hydrogen-bond donors (Lipinski definition) is 2. The van der Waals surface area contributed by atoms with E-state index in [1.807, 2.05) is 30.3 Å². The van der Waals surface area contributed by atoms with Gasteiger partial charge < -0.3 is 10.1 Å². The predicted molar refractivity (Wildman–Crippen MR) is 79.5 cm³/mol. The lowest BCUT2D eigenvalue weighted by atomic mass is 10.1. The molecule has 4 heteroatoms. The number of aliphatic hydroxyl groups excluding tert-OH is 1. The van der Waals surface area contributed by atoms with Crippen LogP contribution in [0.3, 0.4) is 0 Å². The Hall–Kier alpha value is -1.78. The fourth-order valence-corrected chi connectivity index (χ4v) is 3.26. The van der Waals surface area contributed by atoms with E-state index in [4.69, 9.17) is 0 Å². The van der Waals surface area contributed by atoms with Crippen molar-refractivity contribution in [3.05, 3.63) is 59.9 Å². The monoisotopic (exact) mass is 287 g/mol. The Kier molecular flexibility index (Phi) is 3.51. The Labute approximate surface area is 120 Å². The van der Waals surface area contributed by atoms with E-state index in [9.17, 15) is 9.50 Å². The van der Waals surface area contributed by atoms with E-state index in [0.717, 1.165) is 15.9 Å². The maximum atomic E-state index is 14.0. The summed E-state index contributed by atoms with van der Waals surface area (Å²) in [7, 11) is 0. The Morgan fingerprint density at radius 1 is 1.15 bits per heavy atom. The summed E-state index contributed by atoms with van der Waals surface area (Å²) in [6.07, 6.45) is -0.697. The summed E-state index contributed by atoms with van der Waals surface area (Å²) >= 11 is 1.30. The number of aromatic nitrogens is 1. The molecule has 0 saturated heterocycles. The van der Waals surface area contributed by atoms with Gasteiger partial charge in [-0.15, -0.1) is 0 Å². The summed E-state index contributed by atoms with van der Waals surface area (Å²) in [5.41, 5.74) is 1.62. The molecular weight excluding hydrogens is 273 g/mol. The molecule has 0 saturated carbocycles. The molecule has 0 spiro atoms. The maximum Gasteiger partial charge on any atom is 0.137 e. The van der Waals surface area contributed by atoms with Gasteiger partial charge in [0.15, 0.2) is 0 Å². The molecule has 0 aliphatic rings. The molecular formula is C16H14FNOS. The molecule has 3 aromatic rings. The third-order valence-corrected chi connectivity index (χ3v) is 4.24. The number of fused-ring (bicyclic) bond motifs is 1. The van der Waals surface area contributed by atoms with E-state index in [1.54, 1.807) is 19.1 Å². The van der Waals surface area contributed by atoms with Gasteiger partial charge in [0.1, 0.15) is 5.82 Å². The van der Waals surface area contributed by atoms with E-state index < -0.39 is 6.10 Å². The second-order valence-electron chi connectivity index (χ2n) is 4.66. The highest BCUT2D eigenvalue weighted by molar-refractivity contribution is 7.99. The molecule has 102 valence electrons. The number of para-hydroxylation sites is 1. The molecule has 1 heterocycles. The zero-order valence-electron chi connectivity index (χ0n) is 10.9. The average molecular weight is 287 g/mol. The van der Waals surface area contributed by atoms with Crippen LogP contribution in [0.5, 0.6) is 0 Å². The molecule has 0 aliphatic heterocycles. The summed E-state index contributed by atoms with van der Waals surface area (Å²) < 4.78 is 14.0. The summed E-state index contributed by atoms with van der Waals surface area (Å²) in [6, 6.07) is 14.7. The Balaban J connectivity index is 2.02. The van der Waals surface area contributed by atoms with Crippen molar-refractivity contribution in [1.29, 1.82) is 0 Å². The number of H-pyrrole nitrogens is 1. The van der Waals surface area contributed by atoms with Crippen LogP contribution in [0.2, 0.25) is 0 Å². The van der Waals surface area contributed by atoms with Crippen molar-refractivity contribution < 1.29 is 9.50 Å². The van der Waals surface area contributed by atoms with Crippen LogP contribution in [-0.4, -0.2) is 10.1 Å². The first-order valence-corrected chi connectivity index (χ1v) is 7.19.